The quantitative estimate of drug-likeness (QED) is 0.220. The molecule has 3 aromatic rings. The van der Waals surface area contributed by atoms with Crippen LogP contribution in [0.4, 0.5) is 30.2 Å². The molecular formula is C27H34F3N9O. The summed E-state index contributed by atoms with van der Waals surface area (Å²) >= 11 is 0. The summed E-state index contributed by atoms with van der Waals surface area (Å²) in [5.41, 5.74) is 2.34. The highest BCUT2D eigenvalue weighted by molar-refractivity contribution is 6.05. The number of benzene rings is 1. The van der Waals surface area contributed by atoms with Gasteiger partial charge in [0.15, 0.2) is 0 Å². The number of hydrogen-bond acceptors (Lipinski definition) is 8. The summed E-state index contributed by atoms with van der Waals surface area (Å²) in [6.07, 6.45) is -0.816. The van der Waals surface area contributed by atoms with Crippen LogP contribution in [0.2, 0.25) is 0 Å². The lowest BCUT2D eigenvalue weighted by molar-refractivity contribution is -0.137. The second kappa shape index (κ2) is 11.3. The summed E-state index contributed by atoms with van der Waals surface area (Å²) in [5, 5.41) is 16.5. The van der Waals surface area contributed by atoms with Crippen LogP contribution >= 0.6 is 0 Å². The molecule has 10 nitrogen and oxygen atoms in total. The van der Waals surface area contributed by atoms with Crippen LogP contribution < -0.4 is 21.1 Å². The minimum absolute atomic E-state index is 0.0287. The number of nitrogens with two attached hydrogens (primary N) is 1. The van der Waals surface area contributed by atoms with Crippen LogP contribution in [0.3, 0.4) is 0 Å². The fraction of sp³-hybridized carbons (Fsp3) is 0.407. The lowest BCUT2D eigenvalue weighted by Gasteiger charge is -2.23. The Kier molecular flexibility index (Phi) is 8.17. The summed E-state index contributed by atoms with van der Waals surface area (Å²) in [6.45, 7) is 4.79. The van der Waals surface area contributed by atoms with Gasteiger partial charge in [0.25, 0.3) is 5.91 Å². The Morgan fingerprint density at radius 2 is 1.93 bits per heavy atom. The fourth-order valence-corrected chi connectivity index (χ4v) is 4.70. The van der Waals surface area contributed by atoms with Crippen LogP contribution in [-0.2, 0) is 13.2 Å². The Balaban J connectivity index is 1.56. The van der Waals surface area contributed by atoms with Gasteiger partial charge in [0.2, 0.25) is 0 Å². The second-order valence-electron chi connectivity index (χ2n) is 10.3. The van der Waals surface area contributed by atoms with Gasteiger partial charge in [-0.2, -0.15) is 18.3 Å². The zero-order valence-corrected chi connectivity index (χ0v) is 23.2. The van der Waals surface area contributed by atoms with Gasteiger partial charge in [0.1, 0.15) is 0 Å². The Bertz CT molecular complexity index is 1420. The Labute approximate surface area is 231 Å². The van der Waals surface area contributed by atoms with Crippen LogP contribution in [0.1, 0.15) is 39.3 Å². The molecule has 1 saturated heterocycles. The minimum Gasteiger partial charge on any atom is -0.370 e. The molecule has 13 heteroatoms. The molecule has 3 heterocycles. The number of rotatable bonds is 8. The third-order valence-corrected chi connectivity index (χ3v) is 7.28. The highest BCUT2D eigenvalue weighted by atomic mass is 19.4. The highest BCUT2D eigenvalue weighted by Gasteiger charge is 2.33. The molecule has 1 amide bonds. The van der Waals surface area contributed by atoms with E-state index >= 15 is 0 Å². The van der Waals surface area contributed by atoms with E-state index in [1.54, 1.807) is 30.9 Å². The molecular weight excluding hydrogens is 523 g/mol. The van der Waals surface area contributed by atoms with Gasteiger partial charge in [0, 0.05) is 55.0 Å². The van der Waals surface area contributed by atoms with E-state index in [9.17, 15) is 18.0 Å². The fourth-order valence-electron chi connectivity index (χ4n) is 4.70. The van der Waals surface area contributed by atoms with Crippen molar-refractivity contribution in [3.8, 4) is 0 Å². The lowest BCUT2D eigenvalue weighted by atomic mass is 10.1. The Morgan fingerprint density at radius 3 is 2.52 bits per heavy atom. The van der Waals surface area contributed by atoms with Crippen molar-refractivity contribution in [2.45, 2.75) is 32.5 Å². The molecule has 1 aliphatic heterocycles. The van der Waals surface area contributed by atoms with Gasteiger partial charge in [-0.3, -0.25) is 14.5 Å². The first-order chi connectivity index (χ1) is 18.7. The monoisotopic (exact) mass is 557 g/mol. The standard InChI is InChI=1S/C27H34F3N9O/c1-16-25(39(32)15-24(31)23-13-34-37(5)17(23)2)8-18(12-33-16)26(40)35-20-9-19(27(28,29)30)10-22(11-20)38-7-6-21(14-38)36(3)4/h8-13,21,31H,6-7,14-15,32H2,1-5H3,(H,35,40). The van der Waals surface area contributed by atoms with Crippen molar-refractivity contribution in [1.29, 1.82) is 5.41 Å². The van der Waals surface area contributed by atoms with E-state index in [-0.39, 0.29) is 29.5 Å². The first-order valence-corrected chi connectivity index (χ1v) is 12.7. The lowest BCUT2D eigenvalue weighted by Crippen LogP contribution is -2.37. The average molecular weight is 558 g/mol. The van der Waals surface area contributed by atoms with E-state index in [0.717, 1.165) is 24.2 Å². The number of halogens is 3. The largest absolute Gasteiger partial charge is 0.416 e. The number of pyridine rings is 1. The molecule has 1 fully saturated rings. The van der Waals surface area contributed by atoms with E-state index in [0.29, 0.717) is 35.7 Å². The molecule has 1 aliphatic rings. The summed E-state index contributed by atoms with van der Waals surface area (Å²) in [4.78, 5) is 21.4. The number of hydrazine groups is 1. The molecule has 0 bridgehead atoms. The van der Waals surface area contributed by atoms with Crippen molar-refractivity contribution in [1.82, 2.24) is 19.7 Å². The van der Waals surface area contributed by atoms with Crippen molar-refractivity contribution in [3.63, 3.8) is 0 Å². The second-order valence-corrected chi connectivity index (χ2v) is 10.3. The van der Waals surface area contributed by atoms with Gasteiger partial charge in [0.05, 0.1) is 41.0 Å². The molecule has 214 valence electrons. The molecule has 1 unspecified atom stereocenters. The SMILES string of the molecule is Cc1ncc(C(=O)Nc2cc(N3CCC(N(C)C)C3)cc(C(F)(F)F)c2)cc1N(N)CC(=N)c1cnn(C)c1C. The number of alkyl halides is 3. The predicted molar refractivity (Wildman–Crippen MR) is 149 cm³/mol. The number of nitrogens with one attached hydrogen (secondary N) is 2. The summed E-state index contributed by atoms with van der Waals surface area (Å²) < 4.78 is 42.9. The van der Waals surface area contributed by atoms with E-state index in [1.165, 1.54) is 17.3 Å². The normalized spacial score (nSPS) is 15.6. The molecule has 2 aromatic heterocycles. The van der Waals surface area contributed by atoms with E-state index < -0.39 is 17.6 Å². The highest BCUT2D eigenvalue weighted by Crippen LogP contribution is 2.36. The van der Waals surface area contributed by atoms with E-state index in [2.05, 4.69) is 20.3 Å². The van der Waals surface area contributed by atoms with Gasteiger partial charge >= 0.3 is 6.18 Å². The maximum atomic E-state index is 13.7. The third-order valence-electron chi connectivity index (χ3n) is 7.28. The molecule has 40 heavy (non-hydrogen) atoms. The van der Waals surface area contributed by atoms with Crippen LogP contribution in [0.15, 0.2) is 36.7 Å². The smallest absolute Gasteiger partial charge is 0.370 e. The van der Waals surface area contributed by atoms with Gasteiger partial charge in [-0.15, -0.1) is 0 Å². The molecule has 0 radical (unpaired) electrons. The first-order valence-electron chi connectivity index (χ1n) is 12.7. The minimum atomic E-state index is -4.58. The molecule has 1 atom stereocenters. The summed E-state index contributed by atoms with van der Waals surface area (Å²) in [7, 11) is 5.67. The van der Waals surface area contributed by atoms with Gasteiger partial charge < -0.3 is 25.5 Å². The molecule has 0 aliphatic carbocycles. The number of anilines is 3. The zero-order valence-electron chi connectivity index (χ0n) is 23.2. The van der Waals surface area contributed by atoms with Crippen LogP contribution in [0.5, 0.6) is 0 Å². The van der Waals surface area contributed by atoms with Gasteiger partial charge in [-0.05, 0) is 58.6 Å². The van der Waals surface area contributed by atoms with Gasteiger partial charge in [-0.25, -0.2) is 5.84 Å². The third kappa shape index (κ3) is 6.26. The number of aromatic nitrogens is 3. The molecule has 1 aromatic carbocycles. The molecule has 0 spiro atoms. The zero-order chi connectivity index (χ0) is 29.4. The summed E-state index contributed by atoms with van der Waals surface area (Å²) in [5.74, 6) is 5.64. The summed E-state index contributed by atoms with van der Waals surface area (Å²) in [6, 6.07) is 5.34. The number of likely N-dealkylation sites (N-methyl/N-ethyl adjacent to an activating group) is 1. The molecule has 4 N–H and O–H groups in total. The van der Waals surface area contributed by atoms with Crippen molar-refractivity contribution in [3.05, 3.63) is 64.7 Å². The molecule has 0 saturated carbocycles. The van der Waals surface area contributed by atoms with Crippen LogP contribution in [0, 0.1) is 19.3 Å². The van der Waals surface area contributed by atoms with Crippen molar-refractivity contribution < 1.29 is 18.0 Å². The van der Waals surface area contributed by atoms with Crippen molar-refractivity contribution in [2.24, 2.45) is 12.9 Å². The van der Waals surface area contributed by atoms with Gasteiger partial charge in [-0.1, -0.05) is 0 Å². The van der Waals surface area contributed by atoms with Crippen LogP contribution in [-0.4, -0.2) is 71.1 Å². The first kappa shape index (κ1) is 29.0. The number of aryl methyl sites for hydroxylation is 2. The number of carbonyl (C=O) groups excluding carboxylic acids is 1. The van der Waals surface area contributed by atoms with Crippen molar-refractivity contribution in [2.75, 3.05) is 49.0 Å². The topological polar surface area (TPSA) is 119 Å². The number of carbonyl (C=O) groups is 1. The maximum absolute atomic E-state index is 13.7. The Morgan fingerprint density at radius 1 is 1.20 bits per heavy atom. The molecule has 4 rings (SSSR count). The maximum Gasteiger partial charge on any atom is 0.416 e. The predicted octanol–water partition coefficient (Wildman–Crippen LogP) is 3.59. The van der Waals surface area contributed by atoms with E-state index in [4.69, 9.17) is 11.3 Å². The average Bonchev–Trinajstić information content (AvgIpc) is 3.51. The Hall–Kier alpha value is -3.97. The number of amides is 1. The van der Waals surface area contributed by atoms with Crippen LogP contribution in [0.25, 0.3) is 0 Å². The van der Waals surface area contributed by atoms with Crippen molar-refractivity contribution >= 4 is 28.7 Å². The van der Waals surface area contributed by atoms with E-state index in [1.807, 2.05) is 25.9 Å². The number of hydrogen-bond donors (Lipinski definition) is 3. The number of nitrogens with zero attached hydrogens (tertiary/aromatic N) is 6.